The van der Waals surface area contributed by atoms with Crippen LogP contribution in [0.4, 0.5) is 5.69 Å². The van der Waals surface area contributed by atoms with Gasteiger partial charge < -0.3 is 5.32 Å². The standard InChI is InChI=1S/C21H24N4O2S2/c1-13-8-6-9-16(14(13)2)25(20(27)15-12-29-24-23-15)18(17-10-7-11-28-17)19(26)22-21(3,4)5/h6-12,18H,1-5H3,(H,22,26)/t18-/m1/s1. The number of aromatic nitrogens is 2. The average molecular weight is 429 g/mol. The number of aryl methyl sites for hydroxylation is 1. The molecule has 1 atom stereocenters. The number of rotatable bonds is 5. The quantitative estimate of drug-likeness (QED) is 0.648. The van der Waals surface area contributed by atoms with Crippen LogP contribution in [0.15, 0.2) is 41.1 Å². The summed E-state index contributed by atoms with van der Waals surface area (Å²) >= 11 is 2.55. The van der Waals surface area contributed by atoms with Gasteiger partial charge in [0.2, 0.25) is 5.91 Å². The van der Waals surface area contributed by atoms with Gasteiger partial charge in [0.15, 0.2) is 11.7 Å². The zero-order chi connectivity index (χ0) is 21.2. The third kappa shape index (κ3) is 4.71. The molecule has 2 heterocycles. The van der Waals surface area contributed by atoms with Gasteiger partial charge in [0, 0.05) is 21.5 Å². The molecule has 0 aliphatic heterocycles. The molecule has 2 aromatic heterocycles. The van der Waals surface area contributed by atoms with Crippen LogP contribution in [0.5, 0.6) is 0 Å². The third-order valence-electron chi connectivity index (χ3n) is 4.45. The Balaban J connectivity index is 2.19. The second kappa shape index (κ2) is 8.42. The summed E-state index contributed by atoms with van der Waals surface area (Å²) in [6.45, 7) is 9.71. The second-order valence-corrected chi connectivity index (χ2v) is 9.43. The fraction of sp³-hybridized carbons (Fsp3) is 0.333. The molecular formula is C21H24N4O2S2. The van der Waals surface area contributed by atoms with Gasteiger partial charge in [-0.25, -0.2) is 0 Å². The van der Waals surface area contributed by atoms with Gasteiger partial charge in [-0.1, -0.05) is 22.7 Å². The summed E-state index contributed by atoms with van der Waals surface area (Å²) in [7, 11) is 0. The lowest BCUT2D eigenvalue weighted by atomic mass is 10.0. The Labute approximate surface area is 178 Å². The van der Waals surface area contributed by atoms with Crippen LogP contribution in [0.3, 0.4) is 0 Å². The van der Waals surface area contributed by atoms with Crippen molar-refractivity contribution in [3.05, 3.63) is 62.8 Å². The second-order valence-electron chi connectivity index (χ2n) is 7.84. The largest absolute Gasteiger partial charge is 0.349 e. The maximum atomic E-state index is 13.5. The highest BCUT2D eigenvalue weighted by Crippen LogP contribution is 2.35. The van der Waals surface area contributed by atoms with E-state index >= 15 is 0 Å². The van der Waals surface area contributed by atoms with Crippen LogP contribution in [0.2, 0.25) is 0 Å². The van der Waals surface area contributed by atoms with Crippen LogP contribution >= 0.6 is 22.9 Å². The monoisotopic (exact) mass is 428 g/mol. The highest BCUT2D eigenvalue weighted by molar-refractivity contribution is 7.10. The van der Waals surface area contributed by atoms with Crippen molar-refractivity contribution in [1.82, 2.24) is 14.9 Å². The number of nitrogens with zero attached hydrogens (tertiary/aromatic N) is 3. The molecule has 6 nitrogen and oxygen atoms in total. The molecule has 152 valence electrons. The molecular weight excluding hydrogens is 404 g/mol. The summed E-state index contributed by atoms with van der Waals surface area (Å²) in [4.78, 5) is 29.3. The molecule has 2 amide bonds. The number of carbonyl (C=O) groups excluding carboxylic acids is 2. The molecule has 0 saturated heterocycles. The molecule has 0 aliphatic carbocycles. The van der Waals surface area contributed by atoms with E-state index < -0.39 is 11.6 Å². The van der Waals surface area contributed by atoms with Crippen LogP contribution in [0.25, 0.3) is 0 Å². The fourth-order valence-corrected chi connectivity index (χ4v) is 4.24. The minimum atomic E-state index is -0.816. The molecule has 0 bridgehead atoms. The van der Waals surface area contributed by atoms with Crippen LogP contribution in [0.1, 0.15) is 53.3 Å². The van der Waals surface area contributed by atoms with Crippen LogP contribution in [-0.4, -0.2) is 26.9 Å². The minimum absolute atomic E-state index is 0.223. The van der Waals surface area contributed by atoms with E-state index in [0.717, 1.165) is 27.5 Å². The summed E-state index contributed by atoms with van der Waals surface area (Å²) in [5.74, 6) is -0.590. The van der Waals surface area contributed by atoms with Crippen molar-refractivity contribution in [3.8, 4) is 0 Å². The Bertz CT molecular complexity index is 992. The Morgan fingerprint density at radius 2 is 1.90 bits per heavy atom. The van der Waals surface area contributed by atoms with Crippen molar-refractivity contribution in [2.75, 3.05) is 4.90 Å². The maximum Gasteiger partial charge on any atom is 0.280 e. The maximum absolute atomic E-state index is 13.5. The molecule has 0 radical (unpaired) electrons. The van der Waals surface area contributed by atoms with Gasteiger partial charge in [0.1, 0.15) is 0 Å². The van der Waals surface area contributed by atoms with Crippen molar-refractivity contribution in [1.29, 1.82) is 0 Å². The van der Waals surface area contributed by atoms with Gasteiger partial charge in [-0.3, -0.25) is 14.5 Å². The zero-order valence-corrected chi connectivity index (χ0v) is 18.7. The van der Waals surface area contributed by atoms with E-state index in [-0.39, 0.29) is 17.5 Å². The summed E-state index contributed by atoms with van der Waals surface area (Å²) in [5.41, 5.74) is 2.45. The first-order chi connectivity index (χ1) is 13.7. The van der Waals surface area contributed by atoms with Crippen LogP contribution in [0, 0.1) is 13.8 Å². The number of amides is 2. The number of hydrogen-bond acceptors (Lipinski definition) is 6. The molecule has 0 aliphatic rings. The summed E-state index contributed by atoms with van der Waals surface area (Å²) in [6.07, 6.45) is 0. The van der Waals surface area contributed by atoms with Gasteiger partial charge in [0.05, 0.1) is 0 Å². The van der Waals surface area contributed by atoms with E-state index in [4.69, 9.17) is 0 Å². The number of nitrogens with one attached hydrogen (secondary N) is 1. The first-order valence-corrected chi connectivity index (χ1v) is 10.9. The lowest BCUT2D eigenvalue weighted by molar-refractivity contribution is -0.123. The van der Waals surface area contributed by atoms with Gasteiger partial charge in [-0.15, -0.1) is 16.4 Å². The first-order valence-electron chi connectivity index (χ1n) is 9.21. The van der Waals surface area contributed by atoms with Crippen molar-refractivity contribution in [3.63, 3.8) is 0 Å². The van der Waals surface area contributed by atoms with Crippen LogP contribution in [-0.2, 0) is 4.79 Å². The minimum Gasteiger partial charge on any atom is -0.349 e. The van der Waals surface area contributed by atoms with E-state index in [1.165, 1.54) is 11.3 Å². The molecule has 1 aromatic carbocycles. The summed E-state index contributed by atoms with van der Waals surface area (Å²) < 4.78 is 3.83. The number of hydrogen-bond donors (Lipinski definition) is 1. The number of benzene rings is 1. The predicted octanol–water partition coefficient (Wildman–Crippen LogP) is 4.52. The Kier molecular flexibility index (Phi) is 6.14. The number of carbonyl (C=O) groups is 2. The molecule has 0 saturated carbocycles. The Hall–Kier alpha value is -2.58. The van der Waals surface area contributed by atoms with Crippen molar-refractivity contribution < 1.29 is 9.59 Å². The van der Waals surface area contributed by atoms with E-state index in [1.807, 2.05) is 70.3 Å². The molecule has 3 aromatic rings. The zero-order valence-electron chi connectivity index (χ0n) is 17.1. The topological polar surface area (TPSA) is 75.2 Å². The molecule has 29 heavy (non-hydrogen) atoms. The smallest absolute Gasteiger partial charge is 0.280 e. The van der Waals surface area contributed by atoms with Crippen molar-refractivity contribution >= 4 is 40.4 Å². The van der Waals surface area contributed by atoms with Gasteiger partial charge >= 0.3 is 0 Å². The average Bonchev–Trinajstić information content (AvgIpc) is 3.34. The third-order valence-corrected chi connectivity index (χ3v) is 5.88. The molecule has 8 heteroatoms. The first kappa shape index (κ1) is 21.1. The summed E-state index contributed by atoms with van der Waals surface area (Å²) in [6, 6.07) is 8.69. The highest BCUT2D eigenvalue weighted by Gasteiger charge is 2.37. The van der Waals surface area contributed by atoms with Gasteiger partial charge in [-0.2, -0.15) is 0 Å². The molecule has 3 rings (SSSR count). The van der Waals surface area contributed by atoms with Crippen molar-refractivity contribution in [2.45, 2.75) is 46.2 Å². The van der Waals surface area contributed by atoms with Crippen molar-refractivity contribution in [2.24, 2.45) is 0 Å². The molecule has 0 unspecified atom stereocenters. The lowest BCUT2D eigenvalue weighted by Crippen LogP contribution is -2.49. The molecule has 0 spiro atoms. The Morgan fingerprint density at radius 3 is 2.48 bits per heavy atom. The molecule has 0 fully saturated rings. The van der Waals surface area contributed by atoms with Gasteiger partial charge in [0.25, 0.3) is 5.91 Å². The fourth-order valence-electron chi connectivity index (χ4n) is 3.00. The summed E-state index contributed by atoms with van der Waals surface area (Å²) in [5, 5.41) is 10.5. The van der Waals surface area contributed by atoms with E-state index in [2.05, 4.69) is 14.9 Å². The highest BCUT2D eigenvalue weighted by atomic mass is 32.1. The normalized spacial score (nSPS) is 12.4. The van der Waals surface area contributed by atoms with Gasteiger partial charge in [-0.05, 0) is 74.8 Å². The predicted molar refractivity (Wildman–Crippen MR) is 118 cm³/mol. The van der Waals surface area contributed by atoms with E-state index in [1.54, 1.807) is 10.3 Å². The molecule has 1 N–H and O–H groups in total. The number of anilines is 1. The number of thiophene rings is 1. The van der Waals surface area contributed by atoms with E-state index in [0.29, 0.717) is 5.69 Å². The lowest BCUT2D eigenvalue weighted by Gasteiger charge is -2.33. The van der Waals surface area contributed by atoms with Crippen LogP contribution < -0.4 is 10.2 Å². The Morgan fingerprint density at radius 1 is 1.14 bits per heavy atom. The SMILES string of the molecule is Cc1cccc(N(C(=O)c2csnn2)[C@@H](C(=O)NC(C)(C)C)c2cccs2)c1C. The van der Waals surface area contributed by atoms with E-state index in [9.17, 15) is 9.59 Å².